The molecule has 0 bridgehead atoms. The summed E-state index contributed by atoms with van der Waals surface area (Å²) >= 11 is 3.02. The Balaban J connectivity index is 0.000000229. The Morgan fingerprint density at radius 3 is 1.60 bits per heavy atom. The summed E-state index contributed by atoms with van der Waals surface area (Å²) in [6.07, 6.45) is 7.76. The third-order valence-electron chi connectivity index (χ3n) is 7.59. The van der Waals surface area contributed by atoms with Gasteiger partial charge in [-0.3, -0.25) is 10.1 Å². The van der Waals surface area contributed by atoms with Crippen LogP contribution in [0.5, 0.6) is 23.0 Å². The van der Waals surface area contributed by atoms with Gasteiger partial charge in [-0.05, 0) is 92.1 Å². The summed E-state index contributed by atoms with van der Waals surface area (Å²) in [6, 6.07) is 18.6. The molecule has 0 fully saturated rings. The average Bonchev–Trinajstić information content (AvgIpc) is 3.77. The van der Waals surface area contributed by atoms with Gasteiger partial charge in [-0.15, -0.1) is 22.7 Å². The number of fused-ring (bicyclic) bond motifs is 2. The number of anilines is 1. The third-order valence-corrected chi connectivity index (χ3v) is 9.56. The molecule has 0 atom stereocenters. The fourth-order valence-corrected chi connectivity index (χ4v) is 6.72. The van der Waals surface area contributed by atoms with Crippen LogP contribution in [0.3, 0.4) is 0 Å². The standard InChI is InChI=1S/C19H18N2O5S.C19H20N2O3S.C2H6O/c1-12-8-14-18(10-15(12)21(22)23)27-19(20-14)7-5-13-4-6-16(26-11-24-2)17(9-13)25-3;1-12-8-15-18(10-14(12)20)25-19(21-15)7-5-13-4-6-16(24-11-22-2)17(9-13)23-3;1-2-3/h4-10H,11H2,1-3H3;4-10H,11,20H2,1-3H3;3H,2H2,1H3/b2*7-5+;. The van der Waals surface area contributed by atoms with Crippen LogP contribution in [0.2, 0.25) is 0 Å². The Hall–Kier alpha value is -5.58. The van der Waals surface area contributed by atoms with Gasteiger partial charge in [0.25, 0.3) is 5.69 Å². The maximum absolute atomic E-state index is 11.1. The summed E-state index contributed by atoms with van der Waals surface area (Å²) in [5, 5.41) is 20.3. The van der Waals surface area contributed by atoms with Gasteiger partial charge >= 0.3 is 0 Å². The Kier molecular flexibility index (Phi) is 15.9. The molecule has 0 aliphatic carbocycles. The number of benzene rings is 4. The summed E-state index contributed by atoms with van der Waals surface area (Å²) in [5.41, 5.74) is 12.2. The van der Waals surface area contributed by atoms with E-state index in [1.54, 1.807) is 65.8 Å². The topological polar surface area (TPSA) is 171 Å². The third kappa shape index (κ3) is 11.7. The lowest BCUT2D eigenvalue weighted by molar-refractivity contribution is -0.385. The van der Waals surface area contributed by atoms with E-state index in [4.69, 9.17) is 39.3 Å². The molecule has 4 aromatic carbocycles. The van der Waals surface area contributed by atoms with E-state index in [1.807, 2.05) is 79.8 Å². The summed E-state index contributed by atoms with van der Waals surface area (Å²) < 4.78 is 33.3. The highest BCUT2D eigenvalue weighted by Gasteiger charge is 2.14. The van der Waals surface area contributed by atoms with Gasteiger partial charge in [-0.2, -0.15) is 0 Å². The fraction of sp³-hybridized carbons (Fsp3) is 0.250. The summed E-state index contributed by atoms with van der Waals surface area (Å²) in [7, 11) is 6.32. The lowest BCUT2D eigenvalue weighted by Gasteiger charge is -2.10. The second kappa shape index (κ2) is 20.8. The van der Waals surface area contributed by atoms with Gasteiger partial charge in [0.1, 0.15) is 10.0 Å². The van der Waals surface area contributed by atoms with E-state index in [0.717, 1.165) is 52.8 Å². The quantitative estimate of drug-likeness (QED) is 0.0493. The first-order valence-electron chi connectivity index (χ1n) is 16.8. The van der Waals surface area contributed by atoms with Crippen LogP contribution in [0.1, 0.15) is 39.2 Å². The van der Waals surface area contributed by atoms with Gasteiger partial charge in [-0.25, -0.2) is 9.97 Å². The van der Waals surface area contributed by atoms with Crippen LogP contribution in [0.25, 0.3) is 44.7 Å². The molecule has 0 saturated heterocycles. The molecule has 3 N–H and O–H groups in total. The SMILES string of the molecule is CCO.COCOc1ccc(/C=C/c2nc3cc(C)c(N)cc3s2)cc1OC.COCOc1ccc(/C=C/c2nc3cc(C)c([N+](=O)[O-])cc3s2)cc1OC. The number of aromatic nitrogens is 2. The fourth-order valence-electron chi connectivity index (χ4n) is 4.93. The van der Waals surface area contributed by atoms with Crippen molar-refractivity contribution in [2.75, 3.05) is 54.4 Å². The minimum absolute atomic E-state index is 0.109. The largest absolute Gasteiger partial charge is 0.493 e. The molecule has 0 unspecified atom stereocenters. The van der Waals surface area contributed by atoms with E-state index in [-0.39, 0.29) is 30.8 Å². The van der Waals surface area contributed by atoms with Crippen LogP contribution in [-0.4, -0.2) is 68.6 Å². The van der Waals surface area contributed by atoms with Crippen molar-refractivity contribution in [3.8, 4) is 23.0 Å². The maximum Gasteiger partial charge on any atom is 0.273 e. The van der Waals surface area contributed by atoms with Crippen molar-refractivity contribution < 1.29 is 38.5 Å². The molecule has 2 heterocycles. The van der Waals surface area contributed by atoms with Crippen molar-refractivity contribution in [3.05, 3.63) is 103 Å². The van der Waals surface area contributed by atoms with Crippen molar-refractivity contribution in [3.63, 3.8) is 0 Å². The predicted octanol–water partition coefficient (Wildman–Crippen LogP) is 9.02. The highest BCUT2D eigenvalue weighted by atomic mass is 32.1. The van der Waals surface area contributed by atoms with E-state index in [0.29, 0.717) is 28.6 Å². The zero-order valence-electron chi connectivity index (χ0n) is 31.7. The normalized spacial score (nSPS) is 11.0. The minimum Gasteiger partial charge on any atom is -0.493 e. The summed E-state index contributed by atoms with van der Waals surface area (Å²) in [6.45, 7) is 5.96. The molecule has 0 aliphatic heterocycles. The second-order valence-corrected chi connectivity index (χ2v) is 13.7. The molecule has 15 heteroatoms. The van der Waals surface area contributed by atoms with Crippen LogP contribution in [0.4, 0.5) is 11.4 Å². The predicted molar refractivity (Wildman–Crippen MR) is 221 cm³/mol. The first-order chi connectivity index (χ1) is 26.5. The Labute approximate surface area is 327 Å². The zero-order chi connectivity index (χ0) is 39.9. The molecule has 0 radical (unpaired) electrons. The molecule has 2 aromatic heterocycles. The Bertz CT molecular complexity index is 2230. The molecule has 13 nitrogen and oxygen atoms in total. The van der Waals surface area contributed by atoms with Gasteiger partial charge in [0.2, 0.25) is 0 Å². The second-order valence-electron chi connectivity index (χ2n) is 11.5. The van der Waals surface area contributed by atoms with Crippen LogP contribution < -0.4 is 24.7 Å². The van der Waals surface area contributed by atoms with Gasteiger partial charge in [0, 0.05) is 38.1 Å². The van der Waals surface area contributed by atoms with Gasteiger partial charge in [0.05, 0.1) is 39.6 Å². The number of methoxy groups -OCH3 is 4. The average molecular weight is 789 g/mol. The molecule has 6 aromatic rings. The number of nitro groups is 1. The van der Waals surface area contributed by atoms with Gasteiger partial charge in [-0.1, -0.05) is 24.3 Å². The number of nitrogen functional groups attached to an aromatic ring is 1. The number of aryl methyl sites for hydroxylation is 2. The van der Waals surface area contributed by atoms with Crippen LogP contribution >= 0.6 is 22.7 Å². The molecule has 55 heavy (non-hydrogen) atoms. The molecule has 0 aliphatic rings. The molecular formula is C40H44N4O9S2. The first-order valence-corrected chi connectivity index (χ1v) is 18.5. The van der Waals surface area contributed by atoms with E-state index in [1.165, 1.54) is 11.3 Å². The monoisotopic (exact) mass is 788 g/mol. The number of ether oxygens (including phenoxy) is 6. The van der Waals surface area contributed by atoms with Crippen LogP contribution in [-0.2, 0) is 9.47 Å². The summed E-state index contributed by atoms with van der Waals surface area (Å²) in [4.78, 5) is 19.9. The van der Waals surface area contributed by atoms with E-state index < -0.39 is 0 Å². The molecular weight excluding hydrogens is 745 g/mol. The van der Waals surface area contributed by atoms with Crippen molar-refractivity contribution in [1.82, 2.24) is 9.97 Å². The Morgan fingerprint density at radius 1 is 0.709 bits per heavy atom. The van der Waals surface area contributed by atoms with Gasteiger partial charge < -0.3 is 39.3 Å². The summed E-state index contributed by atoms with van der Waals surface area (Å²) in [5.74, 6) is 2.50. The minimum atomic E-state index is -0.372. The number of hydrogen-bond donors (Lipinski definition) is 2. The number of nitrogens with two attached hydrogens (primary N) is 1. The highest BCUT2D eigenvalue weighted by molar-refractivity contribution is 7.19. The van der Waals surface area contributed by atoms with Crippen molar-refractivity contribution in [1.29, 1.82) is 0 Å². The number of aliphatic hydroxyl groups excluding tert-OH is 1. The van der Waals surface area contributed by atoms with Crippen LogP contribution in [0.15, 0.2) is 60.7 Å². The number of thiazole rings is 2. The van der Waals surface area contributed by atoms with Gasteiger partial charge in [0.15, 0.2) is 36.6 Å². The number of hydrogen-bond acceptors (Lipinski definition) is 14. The molecule has 0 spiro atoms. The number of nitrogens with zero attached hydrogens (tertiary/aromatic N) is 3. The van der Waals surface area contributed by atoms with E-state index in [2.05, 4.69) is 9.97 Å². The van der Waals surface area contributed by atoms with Crippen LogP contribution in [0, 0.1) is 24.0 Å². The molecule has 0 saturated carbocycles. The number of aliphatic hydroxyl groups is 1. The molecule has 6 rings (SSSR count). The lowest BCUT2D eigenvalue weighted by Crippen LogP contribution is -2.00. The van der Waals surface area contributed by atoms with Crippen molar-refractivity contribution in [2.45, 2.75) is 20.8 Å². The lowest BCUT2D eigenvalue weighted by atomic mass is 10.2. The molecule has 290 valence electrons. The maximum atomic E-state index is 11.1. The van der Waals surface area contributed by atoms with Crippen molar-refractivity contribution in [2.24, 2.45) is 0 Å². The first kappa shape index (κ1) is 42.2. The highest BCUT2D eigenvalue weighted by Crippen LogP contribution is 2.33. The van der Waals surface area contributed by atoms with Crippen molar-refractivity contribution >= 4 is 78.8 Å². The number of rotatable bonds is 13. The van der Waals surface area contributed by atoms with E-state index >= 15 is 0 Å². The zero-order valence-corrected chi connectivity index (χ0v) is 33.3. The Morgan fingerprint density at radius 2 is 1.16 bits per heavy atom. The van der Waals surface area contributed by atoms with E-state index in [9.17, 15) is 10.1 Å². The smallest absolute Gasteiger partial charge is 0.273 e. The molecule has 0 amide bonds. The number of nitro benzene ring substituents is 1.